The maximum Gasteiger partial charge on any atom is 0.264 e. The second-order valence-corrected chi connectivity index (χ2v) is 11.8. The van der Waals surface area contributed by atoms with Gasteiger partial charge in [0.1, 0.15) is 11.7 Å². The number of fused-ring (bicyclic) bond motifs is 1. The molecular weight excluding hydrogens is 535 g/mol. The fourth-order valence-electron chi connectivity index (χ4n) is 5.11. The van der Waals surface area contributed by atoms with Crippen LogP contribution >= 0.6 is 0 Å². The summed E-state index contributed by atoms with van der Waals surface area (Å²) >= 11 is 0. The van der Waals surface area contributed by atoms with Gasteiger partial charge in [-0.2, -0.15) is 19.3 Å². The number of amides is 1. The molecule has 10 nitrogen and oxygen atoms in total. The van der Waals surface area contributed by atoms with Gasteiger partial charge in [0, 0.05) is 38.5 Å². The van der Waals surface area contributed by atoms with Gasteiger partial charge in [0.05, 0.1) is 29.6 Å². The number of aryl methyl sites for hydroxylation is 2. The van der Waals surface area contributed by atoms with Crippen molar-refractivity contribution >= 4 is 26.8 Å². The van der Waals surface area contributed by atoms with Crippen molar-refractivity contribution in [1.82, 2.24) is 34.0 Å². The summed E-state index contributed by atoms with van der Waals surface area (Å²) in [5.74, 6) is -5.53. The average Bonchev–Trinajstić information content (AvgIpc) is 3.20. The number of carbonyl (C=O) groups excluding carboxylic acids is 1. The lowest BCUT2D eigenvalue weighted by atomic mass is 9.96. The second-order valence-electron chi connectivity index (χ2n) is 9.90. The number of benzene rings is 2. The number of nitrogens with zero attached hydrogens (tertiary/aromatic N) is 7. The van der Waals surface area contributed by atoms with Crippen molar-refractivity contribution < 1.29 is 26.4 Å². The number of piperazine rings is 1. The average molecular weight is 560 g/mol. The van der Waals surface area contributed by atoms with Crippen LogP contribution in [-0.2, 0) is 21.9 Å². The van der Waals surface area contributed by atoms with Crippen LogP contribution < -0.4 is 0 Å². The Balaban J connectivity index is 1.40. The summed E-state index contributed by atoms with van der Waals surface area (Å²) in [7, 11) is -2.54. The fraction of sp³-hybridized carbons (Fsp3) is 0.360. The molecule has 39 heavy (non-hydrogen) atoms. The minimum absolute atomic E-state index is 0.0537. The van der Waals surface area contributed by atoms with Gasteiger partial charge in [-0.15, -0.1) is 5.10 Å². The van der Waals surface area contributed by atoms with Gasteiger partial charge < -0.3 is 4.90 Å². The Morgan fingerprint density at radius 3 is 2.44 bits per heavy atom. The molecule has 1 aliphatic heterocycles. The summed E-state index contributed by atoms with van der Waals surface area (Å²) in [4.78, 5) is 15.7. The van der Waals surface area contributed by atoms with Crippen molar-refractivity contribution in [3.63, 3.8) is 0 Å². The van der Waals surface area contributed by atoms with Crippen LogP contribution in [0, 0.1) is 18.7 Å². The van der Waals surface area contributed by atoms with E-state index in [0.717, 1.165) is 16.6 Å². The third-order valence-corrected chi connectivity index (χ3v) is 9.05. The molecule has 2 aromatic heterocycles. The van der Waals surface area contributed by atoms with E-state index < -0.39 is 40.2 Å². The molecule has 1 amide bonds. The Morgan fingerprint density at radius 1 is 1.08 bits per heavy atom. The highest BCUT2D eigenvalue weighted by atomic mass is 32.2. The van der Waals surface area contributed by atoms with Gasteiger partial charge in [0.2, 0.25) is 10.9 Å². The van der Waals surface area contributed by atoms with E-state index in [9.17, 15) is 26.4 Å². The van der Waals surface area contributed by atoms with Gasteiger partial charge in [-0.25, -0.2) is 26.3 Å². The molecular formula is C25H24F3N7O3S. The van der Waals surface area contributed by atoms with E-state index in [1.807, 2.05) is 6.07 Å². The quantitative estimate of drug-likeness (QED) is 0.372. The summed E-state index contributed by atoms with van der Waals surface area (Å²) in [6.07, 6.45) is 2.24. The van der Waals surface area contributed by atoms with Crippen molar-refractivity contribution in [3.8, 4) is 5.69 Å². The highest BCUT2D eigenvalue weighted by molar-refractivity contribution is 7.89. The molecule has 1 saturated heterocycles. The number of sulfonamides is 1. The van der Waals surface area contributed by atoms with Crippen LogP contribution in [0.25, 0.3) is 16.6 Å². The summed E-state index contributed by atoms with van der Waals surface area (Å²) < 4.78 is 70.7. The molecule has 4 aromatic rings. The SMILES string of the molecule is Cc1cc2c(cnn2-c2ccc(F)cc2)cc1C1CN(S(=O)(=O)c2cnn(C)n2)CCN1C(=O)C1CC1(F)F. The second kappa shape index (κ2) is 8.88. The molecule has 0 spiro atoms. The van der Waals surface area contributed by atoms with E-state index in [1.54, 1.807) is 36.0 Å². The molecule has 2 unspecified atom stereocenters. The molecule has 0 bridgehead atoms. The van der Waals surface area contributed by atoms with E-state index in [1.165, 1.54) is 28.4 Å². The van der Waals surface area contributed by atoms with Crippen LogP contribution in [0.15, 0.2) is 53.8 Å². The largest absolute Gasteiger partial charge is 0.333 e. The Kier molecular flexibility index (Phi) is 5.80. The van der Waals surface area contributed by atoms with E-state index >= 15 is 0 Å². The standard InChI is InChI=1S/C25H24F3N7O3S/c1-15-9-21-16(12-30-35(21)18-5-3-17(26)4-6-18)10-19(15)22-14-33(39(37,38)23-13-29-32(2)31-23)7-8-34(22)24(36)20-11-25(20,27)28/h3-6,9-10,12-13,20,22H,7-8,11,14H2,1-2H3. The molecule has 14 heteroatoms. The zero-order valence-corrected chi connectivity index (χ0v) is 21.8. The molecule has 2 atom stereocenters. The molecule has 2 aromatic carbocycles. The lowest BCUT2D eigenvalue weighted by Crippen LogP contribution is -2.53. The molecule has 1 saturated carbocycles. The summed E-state index contributed by atoms with van der Waals surface area (Å²) in [6, 6.07) is 8.67. The van der Waals surface area contributed by atoms with Gasteiger partial charge in [-0.1, -0.05) is 0 Å². The Bertz CT molecular complexity index is 1700. The van der Waals surface area contributed by atoms with Crippen LogP contribution in [0.4, 0.5) is 13.2 Å². The maximum atomic E-state index is 13.9. The van der Waals surface area contributed by atoms with Crippen LogP contribution in [0.2, 0.25) is 0 Å². The maximum absolute atomic E-state index is 13.9. The van der Waals surface area contributed by atoms with Crippen molar-refractivity contribution in [2.24, 2.45) is 13.0 Å². The first kappa shape index (κ1) is 25.5. The minimum atomic E-state index is -4.04. The fourth-order valence-corrected chi connectivity index (χ4v) is 6.43. The molecule has 3 heterocycles. The zero-order chi connectivity index (χ0) is 27.7. The van der Waals surface area contributed by atoms with Crippen molar-refractivity contribution in [2.45, 2.75) is 30.3 Å². The summed E-state index contributed by atoms with van der Waals surface area (Å²) in [5, 5.41) is 12.7. The van der Waals surface area contributed by atoms with Crippen LogP contribution in [-0.4, -0.2) is 73.9 Å². The lowest BCUT2D eigenvalue weighted by Gasteiger charge is -2.41. The Hall–Kier alpha value is -3.78. The normalized spacial score (nSPS) is 21.4. The number of carbonyl (C=O) groups is 1. The Labute approximate surface area is 221 Å². The minimum Gasteiger partial charge on any atom is -0.333 e. The number of hydrogen-bond donors (Lipinski definition) is 0. The van der Waals surface area contributed by atoms with Gasteiger partial charge in [-0.05, 0) is 54.4 Å². The third kappa shape index (κ3) is 4.36. The predicted octanol–water partition coefficient (Wildman–Crippen LogP) is 2.83. The number of alkyl halides is 2. The van der Waals surface area contributed by atoms with Gasteiger partial charge in [-0.3, -0.25) is 4.79 Å². The number of aromatic nitrogens is 5. The smallest absolute Gasteiger partial charge is 0.264 e. The molecule has 2 fully saturated rings. The number of hydrogen-bond acceptors (Lipinski definition) is 6. The first-order valence-corrected chi connectivity index (χ1v) is 13.7. The van der Waals surface area contributed by atoms with Gasteiger partial charge in [0.25, 0.3) is 15.9 Å². The van der Waals surface area contributed by atoms with Crippen molar-refractivity contribution in [2.75, 3.05) is 19.6 Å². The van der Waals surface area contributed by atoms with Crippen molar-refractivity contribution in [3.05, 3.63) is 65.7 Å². The molecule has 0 N–H and O–H groups in total. The molecule has 0 radical (unpaired) electrons. The number of halogens is 3. The molecule has 204 valence electrons. The highest BCUT2D eigenvalue weighted by Gasteiger charge is 2.63. The van der Waals surface area contributed by atoms with Gasteiger partial charge >= 0.3 is 0 Å². The summed E-state index contributed by atoms with van der Waals surface area (Å²) in [5.41, 5.74) is 2.70. The van der Waals surface area contributed by atoms with E-state index in [0.29, 0.717) is 22.2 Å². The first-order valence-electron chi connectivity index (χ1n) is 12.2. The van der Waals surface area contributed by atoms with Crippen molar-refractivity contribution in [1.29, 1.82) is 0 Å². The first-order chi connectivity index (χ1) is 18.5. The number of rotatable bonds is 5. The van der Waals surface area contributed by atoms with E-state index in [4.69, 9.17) is 0 Å². The topological polar surface area (TPSA) is 106 Å². The monoisotopic (exact) mass is 559 g/mol. The predicted molar refractivity (Wildman–Crippen MR) is 133 cm³/mol. The lowest BCUT2D eigenvalue weighted by molar-refractivity contribution is -0.139. The zero-order valence-electron chi connectivity index (χ0n) is 21.0. The van der Waals surface area contributed by atoms with E-state index in [-0.39, 0.29) is 30.5 Å². The highest BCUT2D eigenvalue weighted by Crippen LogP contribution is 2.50. The van der Waals surface area contributed by atoms with Crippen LogP contribution in [0.1, 0.15) is 23.6 Å². The molecule has 1 aliphatic carbocycles. The Morgan fingerprint density at radius 2 is 1.79 bits per heavy atom. The molecule has 6 rings (SSSR count). The van der Waals surface area contributed by atoms with Crippen LogP contribution in [0.3, 0.4) is 0 Å². The summed E-state index contributed by atoms with van der Waals surface area (Å²) in [6.45, 7) is 1.55. The molecule has 2 aliphatic rings. The van der Waals surface area contributed by atoms with Gasteiger partial charge in [0.15, 0.2) is 0 Å². The third-order valence-electron chi connectivity index (χ3n) is 7.32. The van der Waals surface area contributed by atoms with Crippen LogP contribution in [0.5, 0.6) is 0 Å². The van der Waals surface area contributed by atoms with E-state index in [2.05, 4.69) is 15.3 Å².